The molecule has 0 saturated carbocycles. The number of alkyl halides is 3. The van der Waals surface area contributed by atoms with Crippen molar-refractivity contribution in [1.29, 1.82) is 0 Å². The molecule has 0 unspecified atom stereocenters. The zero-order valence-electron chi connectivity index (χ0n) is 11.8. The molecular formula is C13H14F3N3O2S. The summed E-state index contributed by atoms with van der Waals surface area (Å²) in [5.74, 6) is 0.679. The van der Waals surface area contributed by atoms with Gasteiger partial charge in [0.25, 0.3) is 0 Å². The van der Waals surface area contributed by atoms with E-state index in [9.17, 15) is 13.2 Å². The molecule has 0 radical (unpaired) electrons. The maximum Gasteiger partial charge on any atom is 0.415 e. The lowest BCUT2D eigenvalue weighted by molar-refractivity contribution is -0.195. The Morgan fingerprint density at radius 2 is 1.91 bits per heavy atom. The van der Waals surface area contributed by atoms with Crippen LogP contribution in [-0.2, 0) is 7.05 Å². The van der Waals surface area contributed by atoms with Crippen LogP contribution in [0, 0.1) is 0 Å². The van der Waals surface area contributed by atoms with Crippen molar-refractivity contribution in [2.45, 2.75) is 17.4 Å². The minimum Gasteiger partial charge on any atom is -0.497 e. The third kappa shape index (κ3) is 3.72. The summed E-state index contributed by atoms with van der Waals surface area (Å²) in [6.45, 7) is 0. The monoisotopic (exact) mass is 333 g/mol. The fourth-order valence-corrected chi connectivity index (χ4v) is 2.55. The number of aliphatic hydroxyl groups is 1. The van der Waals surface area contributed by atoms with Crippen molar-refractivity contribution < 1.29 is 23.0 Å². The Labute approximate surface area is 129 Å². The second kappa shape index (κ2) is 6.57. The number of hydrogen-bond donors (Lipinski definition) is 1. The van der Waals surface area contributed by atoms with E-state index in [1.165, 1.54) is 0 Å². The number of hydrogen-bond acceptors (Lipinski definition) is 5. The van der Waals surface area contributed by atoms with Crippen LogP contribution >= 0.6 is 11.8 Å². The lowest BCUT2D eigenvalue weighted by Gasteiger charge is -2.13. The van der Waals surface area contributed by atoms with Crippen molar-refractivity contribution in [2.75, 3.05) is 12.9 Å². The maximum atomic E-state index is 12.3. The van der Waals surface area contributed by atoms with Crippen LogP contribution in [0.25, 0.3) is 11.4 Å². The number of halogens is 3. The topological polar surface area (TPSA) is 60.2 Å². The highest BCUT2D eigenvalue weighted by Crippen LogP contribution is 2.28. The highest BCUT2D eigenvalue weighted by Gasteiger charge is 2.38. The van der Waals surface area contributed by atoms with Crippen LogP contribution in [-0.4, -0.2) is 45.0 Å². The van der Waals surface area contributed by atoms with Gasteiger partial charge in [0.1, 0.15) is 5.75 Å². The number of nitrogens with zero attached hydrogens (tertiary/aromatic N) is 3. The predicted octanol–water partition coefficient (Wildman–Crippen LogP) is 2.51. The molecule has 1 aromatic heterocycles. The van der Waals surface area contributed by atoms with Crippen molar-refractivity contribution in [3.8, 4) is 17.1 Å². The quantitative estimate of drug-likeness (QED) is 0.852. The molecule has 0 saturated heterocycles. The molecule has 1 heterocycles. The molecule has 120 valence electrons. The molecule has 1 N–H and O–H groups in total. The predicted molar refractivity (Wildman–Crippen MR) is 75.8 cm³/mol. The standard InChI is InChI=1S/C13H14F3N3O2S/c1-19-11(8-3-5-9(21-2)6-4-8)17-18-12(19)22-7-10(20)13(14,15)16/h3-6,10,20H,7H2,1-2H3/t10-/m0/s1. The zero-order chi connectivity index (χ0) is 16.3. The molecule has 1 aromatic carbocycles. The molecule has 0 aliphatic carbocycles. The molecule has 5 nitrogen and oxygen atoms in total. The summed E-state index contributed by atoms with van der Waals surface area (Å²) in [7, 11) is 3.21. The summed E-state index contributed by atoms with van der Waals surface area (Å²) >= 11 is 0.800. The normalized spacial score (nSPS) is 13.2. The van der Waals surface area contributed by atoms with Gasteiger partial charge < -0.3 is 14.4 Å². The zero-order valence-corrected chi connectivity index (χ0v) is 12.6. The summed E-state index contributed by atoms with van der Waals surface area (Å²) in [6.07, 6.45) is -7.02. The number of benzene rings is 1. The van der Waals surface area contributed by atoms with Gasteiger partial charge in [0.05, 0.1) is 7.11 Å². The van der Waals surface area contributed by atoms with Gasteiger partial charge in [-0.2, -0.15) is 13.2 Å². The van der Waals surface area contributed by atoms with E-state index in [2.05, 4.69) is 10.2 Å². The molecule has 22 heavy (non-hydrogen) atoms. The smallest absolute Gasteiger partial charge is 0.415 e. The minimum atomic E-state index is -4.63. The number of rotatable bonds is 5. The van der Waals surface area contributed by atoms with E-state index in [4.69, 9.17) is 9.84 Å². The van der Waals surface area contributed by atoms with Crippen molar-refractivity contribution in [3.05, 3.63) is 24.3 Å². The van der Waals surface area contributed by atoms with Crippen molar-refractivity contribution >= 4 is 11.8 Å². The first-order chi connectivity index (χ1) is 10.3. The Morgan fingerprint density at radius 1 is 1.27 bits per heavy atom. The molecule has 9 heteroatoms. The molecule has 0 amide bonds. The third-order valence-corrected chi connectivity index (χ3v) is 4.03. The van der Waals surface area contributed by atoms with Gasteiger partial charge in [-0.3, -0.25) is 0 Å². The van der Waals surface area contributed by atoms with Gasteiger partial charge in [0.15, 0.2) is 17.1 Å². The molecule has 0 fully saturated rings. The number of thioether (sulfide) groups is 1. The first-order valence-electron chi connectivity index (χ1n) is 6.24. The summed E-state index contributed by atoms with van der Waals surface area (Å²) in [4.78, 5) is 0. The first-order valence-corrected chi connectivity index (χ1v) is 7.23. The van der Waals surface area contributed by atoms with E-state index in [0.29, 0.717) is 16.7 Å². The molecule has 2 aromatic rings. The lowest BCUT2D eigenvalue weighted by atomic mass is 10.2. The molecule has 1 atom stereocenters. The summed E-state index contributed by atoms with van der Waals surface area (Å²) in [5.41, 5.74) is 0.763. The minimum absolute atomic E-state index is 0.300. The molecule has 0 aliphatic rings. The van der Waals surface area contributed by atoms with Crippen molar-refractivity contribution in [1.82, 2.24) is 14.8 Å². The summed E-state index contributed by atoms with van der Waals surface area (Å²) in [5, 5.41) is 17.1. The largest absolute Gasteiger partial charge is 0.497 e. The SMILES string of the molecule is COc1ccc(-c2nnc(SC[C@H](O)C(F)(F)F)n2C)cc1. The molecule has 2 rings (SSSR count). The number of ether oxygens (including phenoxy) is 1. The maximum absolute atomic E-state index is 12.3. The van der Waals surface area contributed by atoms with Crippen LogP contribution in [0.5, 0.6) is 5.75 Å². The van der Waals surface area contributed by atoms with E-state index in [0.717, 1.165) is 17.3 Å². The van der Waals surface area contributed by atoms with Gasteiger partial charge in [-0.05, 0) is 24.3 Å². The number of aliphatic hydroxyl groups excluding tert-OH is 1. The highest BCUT2D eigenvalue weighted by atomic mass is 32.2. The molecule has 0 spiro atoms. The summed E-state index contributed by atoms with van der Waals surface area (Å²) < 4.78 is 43.5. The first kappa shape index (κ1) is 16.6. The van der Waals surface area contributed by atoms with Crippen LogP contribution in [0.3, 0.4) is 0 Å². The van der Waals surface area contributed by atoms with Crippen LogP contribution in [0.2, 0.25) is 0 Å². The lowest BCUT2D eigenvalue weighted by Crippen LogP contribution is -2.30. The second-order valence-corrected chi connectivity index (χ2v) is 5.45. The van der Waals surface area contributed by atoms with Crippen LogP contribution in [0.1, 0.15) is 0 Å². The van der Waals surface area contributed by atoms with Gasteiger partial charge in [-0.1, -0.05) is 11.8 Å². The van der Waals surface area contributed by atoms with Gasteiger partial charge in [0.2, 0.25) is 0 Å². The van der Waals surface area contributed by atoms with Crippen LogP contribution in [0.4, 0.5) is 13.2 Å². The van der Waals surface area contributed by atoms with Crippen molar-refractivity contribution in [3.63, 3.8) is 0 Å². The second-order valence-electron chi connectivity index (χ2n) is 4.46. The average molecular weight is 333 g/mol. The highest BCUT2D eigenvalue weighted by molar-refractivity contribution is 7.99. The van der Waals surface area contributed by atoms with E-state index in [1.807, 2.05) is 0 Å². The molecule has 0 bridgehead atoms. The van der Waals surface area contributed by atoms with Crippen molar-refractivity contribution in [2.24, 2.45) is 7.05 Å². The Kier molecular flexibility index (Phi) is 4.97. The summed E-state index contributed by atoms with van der Waals surface area (Å²) in [6, 6.07) is 7.07. The van der Waals surface area contributed by atoms with E-state index >= 15 is 0 Å². The average Bonchev–Trinajstić information content (AvgIpc) is 2.85. The number of aromatic nitrogens is 3. The van der Waals surface area contributed by atoms with E-state index < -0.39 is 18.0 Å². The van der Waals surface area contributed by atoms with Crippen LogP contribution in [0.15, 0.2) is 29.4 Å². The number of methoxy groups -OCH3 is 1. The Bertz CT molecular complexity index is 628. The van der Waals surface area contributed by atoms with Gasteiger partial charge in [-0.15, -0.1) is 10.2 Å². The fraction of sp³-hybridized carbons (Fsp3) is 0.385. The van der Waals surface area contributed by atoms with Gasteiger partial charge in [-0.25, -0.2) is 0 Å². The fourth-order valence-electron chi connectivity index (χ4n) is 1.68. The van der Waals surface area contributed by atoms with E-state index in [-0.39, 0.29) is 0 Å². The Balaban J connectivity index is 2.12. The van der Waals surface area contributed by atoms with Gasteiger partial charge >= 0.3 is 6.18 Å². The van der Waals surface area contributed by atoms with E-state index in [1.54, 1.807) is 43.0 Å². The Morgan fingerprint density at radius 3 is 2.45 bits per heavy atom. The van der Waals surface area contributed by atoms with Gasteiger partial charge in [0, 0.05) is 18.4 Å². The Hall–Kier alpha value is -1.74. The molecular weight excluding hydrogens is 319 g/mol. The molecule has 0 aliphatic heterocycles. The van der Waals surface area contributed by atoms with Crippen LogP contribution < -0.4 is 4.74 Å². The third-order valence-electron chi connectivity index (χ3n) is 2.93.